The van der Waals surface area contributed by atoms with Crippen LogP contribution in [-0.2, 0) is 17.8 Å². The van der Waals surface area contributed by atoms with Crippen molar-refractivity contribution < 1.29 is 14.7 Å². The van der Waals surface area contributed by atoms with Gasteiger partial charge in [0.1, 0.15) is 5.82 Å². The van der Waals surface area contributed by atoms with E-state index >= 15 is 0 Å². The zero-order valence-corrected chi connectivity index (χ0v) is 21.4. The average Bonchev–Trinajstić information content (AvgIpc) is 3.21. The largest absolute Gasteiger partial charge is 0.478 e. The van der Waals surface area contributed by atoms with Crippen molar-refractivity contribution in [2.45, 2.75) is 59.5 Å². The topological polar surface area (TPSA) is 75.4 Å². The molecule has 0 fully saturated rings. The molecule has 0 aliphatic rings. The van der Waals surface area contributed by atoms with Gasteiger partial charge < -0.3 is 14.6 Å². The van der Waals surface area contributed by atoms with Crippen LogP contribution < -0.4 is 4.90 Å². The van der Waals surface area contributed by atoms with Gasteiger partial charge in [0.25, 0.3) is 0 Å². The van der Waals surface area contributed by atoms with E-state index in [9.17, 15) is 14.7 Å². The minimum Gasteiger partial charge on any atom is -0.478 e. The third-order valence-electron chi connectivity index (χ3n) is 6.59. The summed E-state index contributed by atoms with van der Waals surface area (Å²) in [7, 11) is 0. The van der Waals surface area contributed by atoms with Crippen LogP contribution in [0, 0.1) is 6.92 Å². The van der Waals surface area contributed by atoms with Gasteiger partial charge in [0.2, 0.25) is 6.41 Å². The Morgan fingerprint density at radius 2 is 1.83 bits per heavy atom. The van der Waals surface area contributed by atoms with Gasteiger partial charge in [-0.25, -0.2) is 9.78 Å². The maximum Gasteiger partial charge on any atom is 0.336 e. The highest BCUT2D eigenvalue weighted by Gasteiger charge is 2.18. The van der Waals surface area contributed by atoms with Gasteiger partial charge in [-0.05, 0) is 67.6 Å². The highest BCUT2D eigenvalue weighted by molar-refractivity contribution is 5.96. The number of unbranched alkanes of at least 4 members (excludes halogenated alkanes) is 1. The highest BCUT2D eigenvalue weighted by atomic mass is 16.4. The fraction of sp³-hybridized carbons (Fsp3) is 0.300. The molecule has 36 heavy (non-hydrogen) atoms. The first kappa shape index (κ1) is 25.2. The molecule has 0 saturated heterocycles. The second-order valence-corrected chi connectivity index (χ2v) is 9.50. The van der Waals surface area contributed by atoms with E-state index in [-0.39, 0.29) is 6.04 Å². The van der Waals surface area contributed by atoms with E-state index in [0.717, 1.165) is 64.9 Å². The molecule has 4 aromatic rings. The van der Waals surface area contributed by atoms with Gasteiger partial charge in [-0.2, -0.15) is 0 Å². The fourth-order valence-corrected chi connectivity index (χ4v) is 4.65. The molecule has 0 unspecified atom stereocenters. The Morgan fingerprint density at radius 3 is 2.47 bits per heavy atom. The van der Waals surface area contributed by atoms with Crippen LogP contribution in [0.2, 0.25) is 0 Å². The lowest BCUT2D eigenvalue weighted by Crippen LogP contribution is -2.29. The van der Waals surface area contributed by atoms with Crippen LogP contribution in [0.15, 0.2) is 60.7 Å². The first-order valence-electron chi connectivity index (χ1n) is 12.5. The number of hydrogen-bond donors (Lipinski definition) is 1. The van der Waals surface area contributed by atoms with E-state index in [1.54, 1.807) is 17.0 Å². The Labute approximate surface area is 212 Å². The second kappa shape index (κ2) is 10.8. The van der Waals surface area contributed by atoms with Crippen LogP contribution in [0.4, 0.5) is 5.69 Å². The maximum atomic E-state index is 11.8. The monoisotopic (exact) mass is 483 g/mol. The molecule has 1 amide bonds. The molecule has 1 heterocycles. The molecule has 0 spiro atoms. The summed E-state index contributed by atoms with van der Waals surface area (Å²) < 4.78 is 2.25. The Kier molecular flexibility index (Phi) is 7.53. The number of rotatable bonds is 10. The SMILES string of the molecule is CCCCc1nc2c(C)cc(N(C=O)C(C)C)cc2n1Cc1ccc(-c2ccccc2C(=O)O)cc1. The van der Waals surface area contributed by atoms with Crippen LogP contribution in [0.25, 0.3) is 22.2 Å². The summed E-state index contributed by atoms with van der Waals surface area (Å²) in [5, 5.41) is 9.56. The van der Waals surface area contributed by atoms with Gasteiger partial charge in [0.05, 0.1) is 16.6 Å². The van der Waals surface area contributed by atoms with Crippen molar-refractivity contribution in [2.75, 3.05) is 4.90 Å². The minimum atomic E-state index is -0.933. The van der Waals surface area contributed by atoms with E-state index in [0.29, 0.717) is 17.7 Å². The summed E-state index contributed by atoms with van der Waals surface area (Å²) in [5.41, 5.74) is 6.87. The maximum absolute atomic E-state index is 11.8. The Bertz CT molecular complexity index is 1390. The number of carboxylic acid groups (broad SMARTS) is 1. The number of imidazole rings is 1. The predicted octanol–water partition coefficient (Wildman–Crippen LogP) is 6.47. The number of aryl methyl sites for hydroxylation is 2. The van der Waals surface area contributed by atoms with E-state index in [1.807, 2.05) is 63.2 Å². The molecule has 3 aromatic carbocycles. The molecule has 0 aliphatic heterocycles. The molecule has 1 aromatic heterocycles. The van der Waals surface area contributed by atoms with Crippen LogP contribution in [-0.4, -0.2) is 33.1 Å². The predicted molar refractivity (Wildman–Crippen MR) is 145 cm³/mol. The summed E-state index contributed by atoms with van der Waals surface area (Å²) >= 11 is 0. The molecule has 1 N–H and O–H groups in total. The lowest BCUT2D eigenvalue weighted by atomic mass is 9.98. The molecule has 6 nitrogen and oxygen atoms in total. The quantitative estimate of drug-likeness (QED) is 0.262. The molecule has 0 radical (unpaired) electrons. The third-order valence-corrected chi connectivity index (χ3v) is 6.59. The van der Waals surface area contributed by atoms with E-state index in [2.05, 4.69) is 17.6 Å². The molecular weight excluding hydrogens is 450 g/mol. The molecule has 0 aliphatic carbocycles. The molecule has 186 valence electrons. The fourth-order valence-electron chi connectivity index (χ4n) is 4.65. The number of benzene rings is 3. The number of amides is 1. The van der Waals surface area contributed by atoms with Crippen molar-refractivity contribution in [1.29, 1.82) is 0 Å². The number of carbonyl (C=O) groups excluding carboxylic acids is 1. The molecule has 4 rings (SSSR count). The van der Waals surface area contributed by atoms with Gasteiger partial charge in [0.15, 0.2) is 0 Å². The van der Waals surface area contributed by atoms with Crippen LogP contribution in [0.1, 0.15) is 60.9 Å². The van der Waals surface area contributed by atoms with Gasteiger partial charge in [-0.15, -0.1) is 0 Å². The lowest BCUT2D eigenvalue weighted by Gasteiger charge is -2.22. The van der Waals surface area contributed by atoms with Crippen molar-refractivity contribution >= 4 is 29.1 Å². The van der Waals surface area contributed by atoms with Gasteiger partial charge >= 0.3 is 5.97 Å². The first-order valence-corrected chi connectivity index (χ1v) is 12.5. The molecule has 6 heteroatoms. The summed E-state index contributed by atoms with van der Waals surface area (Å²) in [4.78, 5) is 30.2. The van der Waals surface area contributed by atoms with Crippen molar-refractivity contribution in [3.8, 4) is 11.1 Å². The van der Waals surface area contributed by atoms with Gasteiger partial charge in [-0.3, -0.25) is 4.79 Å². The molecule has 0 saturated carbocycles. The molecule has 0 atom stereocenters. The van der Waals surface area contributed by atoms with E-state index in [1.165, 1.54) is 0 Å². The normalized spacial score (nSPS) is 11.2. The van der Waals surface area contributed by atoms with Gasteiger partial charge in [0, 0.05) is 24.7 Å². The lowest BCUT2D eigenvalue weighted by molar-refractivity contribution is -0.107. The number of nitrogens with zero attached hydrogens (tertiary/aromatic N) is 3. The summed E-state index contributed by atoms with van der Waals surface area (Å²) in [6.45, 7) is 8.87. The summed E-state index contributed by atoms with van der Waals surface area (Å²) in [6, 6.07) is 19.3. The number of fused-ring (bicyclic) bond motifs is 1. The zero-order valence-electron chi connectivity index (χ0n) is 21.4. The third kappa shape index (κ3) is 5.03. The van der Waals surface area contributed by atoms with Crippen molar-refractivity contribution in [3.63, 3.8) is 0 Å². The second-order valence-electron chi connectivity index (χ2n) is 9.50. The Hall–Kier alpha value is -3.93. The number of aromatic nitrogens is 2. The van der Waals surface area contributed by atoms with Crippen LogP contribution >= 0.6 is 0 Å². The smallest absolute Gasteiger partial charge is 0.336 e. The van der Waals surface area contributed by atoms with Crippen LogP contribution in [0.5, 0.6) is 0 Å². The number of carboxylic acids is 1. The Morgan fingerprint density at radius 1 is 1.11 bits per heavy atom. The van der Waals surface area contributed by atoms with E-state index < -0.39 is 5.97 Å². The van der Waals surface area contributed by atoms with Crippen molar-refractivity contribution in [2.24, 2.45) is 0 Å². The Balaban J connectivity index is 1.75. The number of aromatic carboxylic acids is 1. The molecule has 0 bridgehead atoms. The van der Waals surface area contributed by atoms with E-state index in [4.69, 9.17) is 4.98 Å². The average molecular weight is 484 g/mol. The van der Waals surface area contributed by atoms with Crippen molar-refractivity contribution in [1.82, 2.24) is 9.55 Å². The standard InChI is InChI=1S/C30H33N3O3/c1-5-6-11-28-31-29-21(4)16-24(33(19-34)20(2)3)17-27(29)32(28)18-22-12-14-23(15-13-22)25-9-7-8-10-26(25)30(35)36/h7-10,12-17,19-20H,5-6,11,18H2,1-4H3,(H,35,36). The number of carbonyl (C=O) groups is 2. The first-order chi connectivity index (χ1) is 17.3. The highest BCUT2D eigenvalue weighted by Crippen LogP contribution is 2.29. The number of anilines is 1. The summed E-state index contributed by atoms with van der Waals surface area (Å²) in [5.74, 6) is 0.103. The van der Waals surface area contributed by atoms with Crippen molar-refractivity contribution in [3.05, 3.63) is 83.2 Å². The minimum absolute atomic E-state index is 0.0523. The summed E-state index contributed by atoms with van der Waals surface area (Å²) in [6.07, 6.45) is 3.90. The van der Waals surface area contributed by atoms with Crippen LogP contribution in [0.3, 0.4) is 0 Å². The zero-order chi connectivity index (χ0) is 25.8. The van der Waals surface area contributed by atoms with Gasteiger partial charge in [-0.1, -0.05) is 55.8 Å². The number of hydrogen-bond acceptors (Lipinski definition) is 3. The molecular formula is C30H33N3O3.